The number of hydrogen-bond donors (Lipinski definition) is 1. The fraction of sp³-hybridized carbons (Fsp3) is 0.643. The average Bonchev–Trinajstić information content (AvgIpc) is 2.94. The molecule has 0 spiro atoms. The van der Waals surface area contributed by atoms with E-state index in [-0.39, 0.29) is 18.2 Å². The van der Waals surface area contributed by atoms with Gasteiger partial charge >= 0.3 is 6.03 Å². The lowest BCUT2D eigenvalue weighted by Crippen LogP contribution is -2.44. The smallest absolute Gasteiger partial charge is 0.317 e. The molecule has 0 saturated carbocycles. The Morgan fingerprint density at radius 3 is 2.95 bits per heavy atom. The van der Waals surface area contributed by atoms with Crippen molar-refractivity contribution in [3.63, 3.8) is 0 Å². The highest BCUT2D eigenvalue weighted by Gasteiger charge is 2.28. The molecule has 1 fully saturated rings. The number of ether oxygens (including phenoxy) is 1. The average molecular weight is 278 g/mol. The molecule has 1 aliphatic heterocycles. The summed E-state index contributed by atoms with van der Waals surface area (Å²) in [5.41, 5.74) is 0. The van der Waals surface area contributed by atoms with Crippen LogP contribution in [0.25, 0.3) is 0 Å². The van der Waals surface area contributed by atoms with Crippen molar-refractivity contribution in [1.82, 2.24) is 20.2 Å². The lowest BCUT2D eigenvalue weighted by molar-refractivity contribution is 0.180. The lowest BCUT2D eigenvalue weighted by atomic mass is 10.2. The number of carbonyl (C=O) groups is 1. The summed E-state index contributed by atoms with van der Waals surface area (Å²) in [5.74, 6) is 0.514. The highest BCUT2D eigenvalue weighted by atomic mass is 16.5. The molecule has 20 heavy (non-hydrogen) atoms. The van der Waals surface area contributed by atoms with Gasteiger partial charge in [-0.1, -0.05) is 13.8 Å². The molecular weight excluding hydrogens is 256 g/mol. The fourth-order valence-corrected chi connectivity index (χ4v) is 2.28. The van der Waals surface area contributed by atoms with Gasteiger partial charge in [-0.05, 0) is 12.8 Å². The summed E-state index contributed by atoms with van der Waals surface area (Å²) < 4.78 is 5.72. The Bertz CT molecular complexity index is 422. The molecule has 2 rings (SSSR count). The van der Waals surface area contributed by atoms with Crippen LogP contribution in [0.5, 0.6) is 5.88 Å². The number of carbonyl (C=O) groups excluding carboxylic acids is 1. The highest BCUT2D eigenvalue weighted by molar-refractivity contribution is 5.74. The number of nitrogens with one attached hydrogen (secondary N) is 1. The van der Waals surface area contributed by atoms with E-state index in [1.165, 1.54) is 0 Å². The summed E-state index contributed by atoms with van der Waals surface area (Å²) in [6, 6.07) is 0.256. The van der Waals surface area contributed by atoms with Crippen LogP contribution in [-0.2, 0) is 0 Å². The first kappa shape index (κ1) is 14.6. The zero-order valence-electron chi connectivity index (χ0n) is 12.1. The predicted molar refractivity (Wildman–Crippen MR) is 75.5 cm³/mol. The number of hydrogen-bond acceptors (Lipinski definition) is 4. The van der Waals surface area contributed by atoms with Crippen molar-refractivity contribution in [3.8, 4) is 5.88 Å². The molecule has 1 aromatic rings. The Hall–Kier alpha value is -1.85. The van der Waals surface area contributed by atoms with Gasteiger partial charge in [-0.2, -0.15) is 0 Å². The fourth-order valence-electron chi connectivity index (χ4n) is 2.28. The van der Waals surface area contributed by atoms with Crippen molar-refractivity contribution in [2.24, 2.45) is 0 Å². The number of amides is 2. The highest BCUT2D eigenvalue weighted by Crippen LogP contribution is 2.15. The Morgan fingerprint density at radius 1 is 1.50 bits per heavy atom. The van der Waals surface area contributed by atoms with Crippen molar-refractivity contribution in [1.29, 1.82) is 0 Å². The molecule has 1 aliphatic rings. The normalized spacial score (nSPS) is 18.4. The zero-order valence-corrected chi connectivity index (χ0v) is 12.1. The van der Waals surface area contributed by atoms with Crippen molar-refractivity contribution in [3.05, 3.63) is 18.6 Å². The molecule has 1 unspecified atom stereocenters. The van der Waals surface area contributed by atoms with Crippen LogP contribution in [0.1, 0.15) is 33.1 Å². The summed E-state index contributed by atoms with van der Waals surface area (Å²) in [7, 11) is 0. The van der Waals surface area contributed by atoms with Gasteiger partial charge in [0.15, 0.2) is 0 Å². The second-order valence-corrected chi connectivity index (χ2v) is 4.98. The molecule has 0 radical (unpaired) electrons. The van der Waals surface area contributed by atoms with Crippen molar-refractivity contribution < 1.29 is 9.53 Å². The molecule has 6 nitrogen and oxygen atoms in total. The van der Waals surface area contributed by atoms with E-state index in [4.69, 9.17) is 4.74 Å². The molecule has 0 aliphatic carbocycles. The third-order valence-corrected chi connectivity index (χ3v) is 3.57. The summed E-state index contributed by atoms with van der Waals surface area (Å²) in [6.07, 6.45) is 7.53. The molecular formula is C14H22N4O2. The molecule has 1 N–H and O–H groups in total. The first-order valence-electron chi connectivity index (χ1n) is 7.21. The van der Waals surface area contributed by atoms with E-state index in [1.54, 1.807) is 23.5 Å². The maximum atomic E-state index is 12.1. The Labute approximate surface area is 119 Å². The van der Waals surface area contributed by atoms with Gasteiger partial charge in [-0.3, -0.25) is 4.98 Å². The van der Waals surface area contributed by atoms with Crippen LogP contribution in [0.4, 0.5) is 4.79 Å². The van der Waals surface area contributed by atoms with Gasteiger partial charge in [-0.15, -0.1) is 0 Å². The van der Waals surface area contributed by atoms with Crippen LogP contribution in [0.3, 0.4) is 0 Å². The van der Waals surface area contributed by atoms with E-state index in [0.717, 1.165) is 25.8 Å². The first-order chi connectivity index (χ1) is 9.72. The molecule has 1 saturated heterocycles. The molecule has 110 valence electrons. The Morgan fingerprint density at radius 2 is 2.30 bits per heavy atom. The molecule has 6 heteroatoms. The minimum absolute atomic E-state index is 0.000784. The van der Waals surface area contributed by atoms with Gasteiger partial charge in [0, 0.05) is 31.4 Å². The van der Waals surface area contributed by atoms with E-state index in [9.17, 15) is 4.79 Å². The standard InChI is InChI=1S/C14H22N4O2/c1-3-11(4-2)17-14(19)18-8-5-12(10-18)20-13-9-15-6-7-16-13/h6-7,9,11-12H,3-5,8,10H2,1-2H3,(H,17,19). The van der Waals surface area contributed by atoms with Crippen molar-refractivity contribution in [2.75, 3.05) is 13.1 Å². The van der Waals surface area contributed by atoms with Gasteiger partial charge in [0.05, 0.1) is 12.7 Å². The third kappa shape index (κ3) is 3.82. The summed E-state index contributed by atoms with van der Waals surface area (Å²) in [6.45, 7) is 5.48. The van der Waals surface area contributed by atoms with E-state index >= 15 is 0 Å². The third-order valence-electron chi connectivity index (χ3n) is 3.57. The predicted octanol–water partition coefficient (Wildman–Crippen LogP) is 1.83. The van der Waals surface area contributed by atoms with Crippen LogP contribution >= 0.6 is 0 Å². The molecule has 0 aromatic carbocycles. The Kier molecular flexibility index (Phi) is 5.15. The SMILES string of the molecule is CCC(CC)NC(=O)N1CCC(Oc2cnccn2)C1. The molecule has 0 bridgehead atoms. The van der Waals surface area contributed by atoms with Crippen LogP contribution in [-0.4, -0.2) is 46.1 Å². The number of rotatable bonds is 5. The number of nitrogens with zero attached hydrogens (tertiary/aromatic N) is 3. The molecule has 1 atom stereocenters. The second-order valence-electron chi connectivity index (χ2n) is 4.98. The van der Waals surface area contributed by atoms with Gasteiger partial charge in [0.25, 0.3) is 0 Å². The zero-order chi connectivity index (χ0) is 14.4. The molecule has 1 aromatic heterocycles. The monoisotopic (exact) mass is 278 g/mol. The largest absolute Gasteiger partial charge is 0.471 e. The maximum Gasteiger partial charge on any atom is 0.317 e. The first-order valence-corrected chi connectivity index (χ1v) is 7.21. The van der Waals surface area contributed by atoms with Crippen LogP contribution in [0.15, 0.2) is 18.6 Å². The summed E-state index contributed by atoms with van der Waals surface area (Å²) >= 11 is 0. The minimum atomic E-state index is -0.000784. The van der Waals surface area contributed by atoms with Crippen molar-refractivity contribution >= 4 is 6.03 Å². The van der Waals surface area contributed by atoms with Crippen LogP contribution in [0, 0.1) is 0 Å². The van der Waals surface area contributed by atoms with Gasteiger partial charge in [0.1, 0.15) is 6.10 Å². The number of urea groups is 1. The van der Waals surface area contributed by atoms with Gasteiger partial charge < -0.3 is 15.0 Å². The van der Waals surface area contributed by atoms with Crippen molar-refractivity contribution in [2.45, 2.75) is 45.3 Å². The summed E-state index contributed by atoms with van der Waals surface area (Å²) in [4.78, 5) is 22.0. The molecule has 2 amide bonds. The topological polar surface area (TPSA) is 67.4 Å². The maximum absolute atomic E-state index is 12.1. The summed E-state index contributed by atoms with van der Waals surface area (Å²) in [5, 5.41) is 3.05. The van der Waals surface area contributed by atoms with Gasteiger partial charge in [0.2, 0.25) is 5.88 Å². The molecule has 2 heterocycles. The second kappa shape index (κ2) is 7.07. The van der Waals surface area contributed by atoms with E-state index in [1.807, 2.05) is 0 Å². The Balaban J connectivity index is 1.81. The minimum Gasteiger partial charge on any atom is -0.471 e. The lowest BCUT2D eigenvalue weighted by Gasteiger charge is -2.21. The number of likely N-dealkylation sites (tertiary alicyclic amines) is 1. The van der Waals surface area contributed by atoms with Gasteiger partial charge in [-0.25, -0.2) is 9.78 Å². The van der Waals surface area contributed by atoms with Crippen LogP contribution in [0.2, 0.25) is 0 Å². The quantitative estimate of drug-likeness (QED) is 0.892. The van der Waals surface area contributed by atoms with E-state index in [2.05, 4.69) is 29.1 Å². The van der Waals surface area contributed by atoms with Crippen LogP contribution < -0.4 is 10.1 Å². The van der Waals surface area contributed by atoms with E-state index in [0.29, 0.717) is 12.4 Å². The number of aromatic nitrogens is 2. The van der Waals surface area contributed by atoms with E-state index < -0.39 is 0 Å².